The van der Waals surface area contributed by atoms with E-state index in [2.05, 4.69) is 15.7 Å². The summed E-state index contributed by atoms with van der Waals surface area (Å²) in [6.45, 7) is 2.92. The molecule has 1 aliphatic rings. The molecule has 0 aliphatic carbocycles. The molecule has 1 aromatic heterocycles. The molecule has 1 unspecified atom stereocenters. The zero-order chi connectivity index (χ0) is 18.5. The number of aromatic nitrogens is 2. The molecule has 6 nitrogen and oxygen atoms in total. The fourth-order valence-corrected chi connectivity index (χ4v) is 2.90. The van der Waals surface area contributed by atoms with Gasteiger partial charge in [-0.1, -0.05) is 6.07 Å². The molecule has 0 spiro atoms. The molecule has 1 saturated heterocycles. The maximum atomic E-state index is 12.4. The van der Waals surface area contributed by atoms with Gasteiger partial charge in [-0.05, 0) is 44.0 Å². The normalized spacial score (nSPS) is 16.7. The molecule has 0 radical (unpaired) electrons. The summed E-state index contributed by atoms with van der Waals surface area (Å²) in [5.74, 6) is -0.0295. The third-order valence-electron chi connectivity index (χ3n) is 4.30. The third-order valence-corrected chi connectivity index (χ3v) is 4.30. The molecule has 0 bridgehead atoms. The highest BCUT2D eigenvalue weighted by Crippen LogP contribution is 2.24. The van der Waals surface area contributed by atoms with Crippen molar-refractivity contribution in [3.05, 3.63) is 41.7 Å². The predicted octanol–water partition coefficient (Wildman–Crippen LogP) is 3.43. The second-order valence-electron chi connectivity index (χ2n) is 6.32. The summed E-state index contributed by atoms with van der Waals surface area (Å²) in [5.41, 5.74) is 1.50. The Morgan fingerprint density at radius 2 is 2.26 bits per heavy atom. The van der Waals surface area contributed by atoms with E-state index in [1.807, 2.05) is 4.68 Å². The summed E-state index contributed by atoms with van der Waals surface area (Å²) < 4.78 is 31.6. The van der Waals surface area contributed by atoms with Crippen LogP contribution in [0.25, 0.3) is 0 Å². The van der Waals surface area contributed by atoms with Gasteiger partial charge in [-0.15, -0.1) is 12.4 Å². The summed E-state index contributed by atoms with van der Waals surface area (Å²) in [6.07, 6.45) is 1.36. The van der Waals surface area contributed by atoms with E-state index in [-0.39, 0.29) is 24.4 Å². The fourth-order valence-electron chi connectivity index (χ4n) is 2.90. The van der Waals surface area contributed by atoms with Crippen molar-refractivity contribution in [3.63, 3.8) is 0 Å². The number of hydrogen-bond donors (Lipinski definition) is 2. The molecule has 1 aromatic carbocycles. The minimum atomic E-state index is -2.55. The van der Waals surface area contributed by atoms with Gasteiger partial charge in [0.2, 0.25) is 0 Å². The first-order valence-electron chi connectivity index (χ1n) is 8.62. The average Bonchev–Trinajstić information content (AvgIpc) is 3.13. The number of halogens is 3. The highest BCUT2D eigenvalue weighted by atomic mass is 35.5. The molecular weight excluding hydrogens is 378 g/mol. The molecule has 148 valence electrons. The maximum absolute atomic E-state index is 12.4. The number of carbonyl (C=O) groups is 1. The summed E-state index contributed by atoms with van der Waals surface area (Å²) in [7, 11) is 0. The van der Waals surface area contributed by atoms with Crippen LogP contribution in [0.3, 0.4) is 0 Å². The molecule has 1 aliphatic heterocycles. The molecule has 2 N–H and O–H groups in total. The predicted molar refractivity (Wildman–Crippen MR) is 101 cm³/mol. The third kappa shape index (κ3) is 5.64. The van der Waals surface area contributed by atoms with Crippen LogP contribution in [0.2, 0.25) is 0 Å². The number of rotatable bonds is 6. The number of ether oxygens (including phenoxy) is 1. The lowest BCUT2D eigenvalue weighted by Gasteiger charge is -2.22. The van der Waals surface area contributed by atoms with Crippen LogP contribution in [0.15, 0.2) is 30.5 Å². The number of aryl methyl sites for hydroxylation is 1. The Bertz CT molecular complexity index is 764. The number of carbonyl (C=O) groups excluding carboxylic acids is 1. The van der Waals surface area contributed by atoms with E-state index in [4.69, 9.17) is 4.74 Å². The Balaban J connectivity index is 0.00000261. The Kier molecular flexibility index (Phi) is 7.55. The van der Waals surface area contributed by atoms with Gasteiger partial charge in [0.05, 0.1) is 6.04 Å². The van der Waals surface area contributed by atoms with Crippen molar-refractivity contribution in [2.75, 3.05) is 25.0 Å². The Labute approximate surface area is 162 Å². The standard InChI is InChI=1S/C18H22F2N4O2.ClH/c1-12-4-5-13(9-16(12)26-11-17(19)20)22-18(25)15-6-8-24(23-15)14-3-2-7-21-10-14;/h4-6,8-9,14,17,21H,2-3,7,10-11H2,1H3,(H,22,25);1H. The molecule has 1 fully saturated rings. The number of anilines is 1. The molecule has 9 heteroatoms. The summed E-state index contributed by atoms with van der Waals surface area (Å²) in [4.78, 5) is 12.4. The van der Waals surface area contributed by atoms with Crippen LogP contribution in [-0.4, -0.2) is 41.8 Å². The van der Waals surface area contributed by atoms with Gasteiger partial charge in [-0.2, -0.15) is 5.10 Å². The summed E-state index contributed by atoms with van der Waals surface area (Å²) >= 11 is 0. The number of alkyl halides is 2. The highest BCUT2D eigenvalue weighted by molar-refractivity contribution is 6.02. The van der Waals surface area contributed by atoms with E-state index < -0.39 is 13.0 Å². The van der Waals surface area contributed by atoms with Crippen LogP contribution < -0.4 is 15.4 Å². The SMILES string of the molecule is Cc1ccc(NC(=O)c2ccn(C3CCCNC3)n2)cc1OCC(F)F.Cl. The lowest BCUT2D eigenvalue weighted by Crippen LogP contribution is -2.32. The van der Waals surface area contributed by atoms with E-state index in [0.29, 0.717) is 17.1 Å². The van der Waals surface area contributed by atoms with Crippen LogP contribution >= 0.6 is 12.4 Å². The molecule has 1 amide bonds. The largest absolute Gasteiger partial charge is 0.487 e. The van der Waals surface area contributed by atoms with Crippen LogP contribution in [0.5, 0.6) is 5.75 Å². The van der Waals surface area contributed by atoms with E-state index in [1.54, 1.807) is 31.3 Å². The van der Waals surface area contributed by atoms with E-state index in [9.17, 15) is 13.6 Å². The van der Waals surface area contributed by atoms with E-state index in [1.165, 1.54) is 6.07 Å². The Morgan fingerprint density at radius 1 is 1.44 bits per heavy atom. The van der Waals surface area contributed by atoms with E-state index in [0.717, 1.165) is 31.5 Å². The van der Waals surface area contributed by atoms with Crippen LogP contribution in [0.1, 0.15) is 34.9 Å². The summed E-state index contributed by atoms with van der Waals surface area (Å²) in [5, 5.41) is 10.4. The lowest BCUT2D eigenvalue weighted by atomic mass is 10.1. The number of piperidine rings is 1. The quantitative estimate of drug-likeness (QED) is 0.779. The average molecular weight is 401 g/mol. The Hall–Kier alpha value is -2.19. The molecule has 0 saturated carbocycles. The van der Waals surface area contributed by atoms with Crippen molar-refractivity contribution in [2.45, 2.75) is 32.2 Å². The minimum absolute atomic E-state index is 0. The minimum Gasteiger partial charge on any atom is -0.487 e. The van der Waals surface area contributed by atoms with Gasteiger partial charge in [0.1, 0.15) is 12.4 Å². The monoisotopic (exact) mass is 400 g/mol. The molecule has 3 rings (SSSR count). The molecule has 1 atom stereocenters. The van der Waals surface area contributed by atoms with Gasteiger partial charge in [0, 0.05) is 24.5 Å². The van der Waals surface area contributed by atoms with Gasteiger partial charge in [0.25, 0.3) is 12.3 Å². The number of amides is 1. The van der Waals surface area contributed by atoms with Crippen LogP contribution in [0, 0.1) is 6.92 Å². The van der Waals surface area contributed by atoms with Crippen LogP contribution in [-0.2, 0) is 0 Å². The zero-order valence-electron chi connectivity index (χ0n) is 15.0. The van der Waals surface area contributed by atoms with Crippen molar-refractivity contribution in [3.8, 4) is 5.75 Å². The first-order chi connectivity index (χ1) is 12.5. The molecule has 2 heterocycles. The van der Waals surface area contributed by atoms with E-state index >= 15 is 0 Å². The van der Waals surface area contributed by atoms with Gasteiger partial charge >= 0.3 is 0 Å². The van der Waals surface area contributed by atoms with Gasteiger partial charge in [0.15, 0.2) is 5.69 Å². The topological polar surface area (TPSA) is 68.2 Å². The molecule has 27 heavy (non-hydrogen) atoms. The van der Waals surface area contributed by atoms with Crippen molar-refractivity contribution in [2.24, 2.45) is 0 Å². The van der Waals surface area contributed by atoms with Crippen molar-refractivity contribution in [1.82, 2.24) is 15.1 Å². The first kappa shape index (κ1) is 21.1. The number of nitrogens with one attached hydrogen (secondary N) is 2. The maximum Gasteiger partial charge on any atom is 0.276 e. The second kappa shape index (κ2) is 9.66. The highest BCUT2D eigenvalue weighted by Gasteiger charge is 2.18. The fraction of sp³-hybridized carbons (Fsp3) is 0.444. The Morgan fingerprint density at radius 3 is 2.96 bits per heavy atom. The second-order valence-corrected chi connectivity index (χ2v) is 6.32. The number of nitrogens with zero attached hydrogens (tertiary/aromatic N) is 2. The van der Waals surface area contributed by atoms with Gasteiger partial charge < -0.3 is 15.4 Å². The van der Waals surface area contributed by atoms with Crippen molar-refractivity contribution >= 4 is 24.0 Å². The first-order valence-corrected chi connectivity index (χ1v) is 8.62. The van der Waals surface area contributed by atoms with Crippen LogP contribution in [0.4, 0.5) is 14.5 Å². The van der Waals surface area contributed by atoms with Crippen molar-refractivity contribution in [1.29, 1.82) is 0 Å². The zero-order valence-corrected chi connectivity index (χ0v) is 15.8. The van der Waals surface area contributed by atoms with Crippen molar-refractivity contribution < 1.29 is 18.3 Å². The smallest absolute Gasteiger partial charge is 0.276 e. The number of hydrogen-bond acceptors (Lipinski definition) is 4. The number of benzene rings is 1. The van der Waals surface area contributed by atoms with Gasteiger partial charge in [-0.3, -0.25) is 9.48 Å². The van der Waals surface area contributed by atoms with Gasteiger partial charge in [-0.25, -0.2) is 8.78 Å². The summed E-state index contributed by atoms with van der Waals surface area (Å²) in [6, 6.07) is 6.87. The lowest BCUT2D eigenvalue weighted by molar-refractivity contribution is 0.0815. The molecular formula is C18H23ClF2N4O2. The molecule has 2 aromatic rings.